The predicted molar refractivity (Wildman–Crippen MR) is 84.3 cm³/mol. The topological polar surface area (TPSA) is 49.3 Å². The molecule has 0 bridgehead atoms. The Bertz CT molecular complexity index is 713. The van der Waals surface area contributed by atoms with Crippen molar-refractivity contribution in [2.45, 2.75) is 25.6 Å². The summed E-state index contributed by atoms with van der Waals surface area (Å²) in [5, 5.41) is 12.6. The highest BCUT2D eigenvalue weighted by atomic mass is 19.4. The highest BCUT2D eigenvalue weighted by Gasteiger charge is 2.33. The summed E-state index contributed by atoms with van der Waals surface area (Å²) >= 11 is 0. The van der Waals surface area contributed by atoms with Gasteiger partial charge in [-0.2, -0.15) is 13.2 Å². The van der Waals surface area contributed by atoms with E-state index in [1.54, 1.807) is 12.1 Å². The number of rotatable bonds is 5. The fourth-order valence-corrected chi connectivity index (χ4v) is 2.47. The second-order valence-electron chi connectivity index (χ2n) is 5.51. The number of carbonyl (C=O) groups is 1. The van der Waals surface area contributed by atoms with Crippen molar-refractivity contribution in [1.82, 2.24) is 5.32 Å². The van der Waals surface area contributed by atoms with E-state index in [9.17, 15) is 23.1 Å². The van der Waals surface area contributed by atoms with Crippen LogP contribution in [0.3, 0.4) is 0 Å². The maximum absolute atomic E-state index is 12.9. The molecule has 1 unspecified atom stereocenters. The van der Waals surface area contributed by atoms with E-state index < -0.39 is 30.2 Å². The van der Waals surface area contributed by atoms with Crippen molar-refractivity contribution in [2.24, 2.45) is 0 Å². The fraction of sp³-hybridized carbons (Fsp3) is 0.278. The Labute approximate surface area is 138 Å². The smallest absolute Gasteiger partial charge is 0.387 e. The summed E-state index contributed by atoms with van der Waals surface area (Å²) in [5.41, 5.74) is 0.641. The maximum Gasteiger partial charge on any atom is 0.416 e. The first kappa shape index (κ1) is 18.0. The number of carbonyl (C=O) groups excluding carboxylic acids is 1. The zero-order valence-electron chi connectivity index (χ0n) is 13.1. The lowest BCUT2D eigenvalue weighted by molar-refractivity contribution is -0.138. The molecule has 128 valence electrons. The molecule has 6 heteroatoms. The predicted octanol–water partition coefficient (Wildman–Crippen LogP) is 3.41. The van der Waals surface area contributed by atoms with E-state index in [4.69, 9.17) is 0 Å². The summed E-state index contributed by atoms with van der Waals surface area (Å²) in [6.07, 6.45) is -5.80. The van der Waals surface area contributed by atoms with Crippen LogP contribution in [0.15, 0.2) is 48.5 Å². The van der Waals surface area contributed by atoms with Crippen molar-refractivity contribution < 1.29 is 23.1 Å². The van der Waals surface area contributed by atoms with Crippen molar-refractivity contribution in [3.05, 3.63) is 70.8 Å². The van der Waals surface area contributed by atoms with Crippen molar-refractivity contribution in [2.75, 3.05) is 6.54 Å². The quantitative estimate of drug-likeness (QED) is 0.878. The summed E-state index contributed by atoms with van der Waals surface area (Å²) in [4.78, 5) is 11.9. The van der Waals surface area contributed by atoms with E-state index in [0.717, 1.165) is 11.6 Å². The largest absolute Gasteiger partial charge is 0.416 e. The minimum Gasteiger partial charge on any atom is -0.387 e. The van der Waals surface area contributed by atoms with Crippen LogP contribution < -0.4 is 5.32 Å². The first-order valence-electron chi connectivity index (χ1n) is 7.44. The average Bonchev–Trinajstić information content (AvgIpc) is 2.52. The van der Waals surface area contributed by atoms with E-state index in [1.165, 1.54) is 18.2 Å². The zero-order chi connectivity index (χ0) is 17.7. The minimum atomic E-state index is -4.50. The van der Waals surface area contributed by atoms with Crippen LogP contribution in [-0.2, 0) is 17.4 Å². The molecule has 0 aromatic heterocycles. The van der Waals surface area contributed by atoms with E-state index in [-0.39, 0.29) is 12.1 Å². The molecule has 0 spiro atoms. The number of alkyl halides is 3. The number of halogens is 3. The molecule has 0 saturated heterocycles. The van der Waals surface area contributed by atoms with Crippen LogP contribution in [-0.4, -0.2) is 17.6 Å². The van der Waals surface area contributed by atoms with Crippen molar-refractivity contribution in [3.63, 3.8) is 0 Å². The highest BCUT2D eigenvalue weighted by Crippen LogP contribution is 2.32. The van der Waals surface area contributed by atoms with Gasteiger partial charge in [0.15, 0.2) is 0 Å². The number of aliphatic hydroxyl groups is 1. The Morgan fingerprint density at radius 3 is 2.42 bits per heavy atom. The third-order valence-corrected chi connectivity index (χ3v) is 3.71. The molecule has 0 saturated carbocycles. The highest BCUT2D eigenvalue weighted by molar-refractivity contribution is 5.79. The Morgan fingerprint density at radius 2 is 1.75 bits per heavy atom. The molecular formula is C18H18F3NO2. The van der Waals surface area contributed by atoms with Gasteiger partial charge in [0.1, 0.15) is 0 Å². The first-order valence-corrected chi connectivity index (χ1v) is 7.44. The molecule has 0 fully saturated rings. The normalized spacial score (nSPS) is 12.7. The number of hydrogen-bond donors (Lipinski definition) is 2. The number of nitrogens with one attached hydrogen (secondary N) is 1. The monoisotopic (exact) mass is 337 g/mol. The molecule has 1 atom stereocenters. The summed E-state index contributed by atoms with van der Waals surface area (Å²) in [7, 11) is 0. The molecule has 0 radical (unpaired) electrons. The van der Waals surface area contributed by atoms with Gasteiger partial charge in [0.2, 0.25) is 5.91 Å². The molecule has 2 rings (SSSR count). The van der Waals surface area contributed by atoms with E-state index in [2.05, 4.69) is 5.32 Å². The van der Waals surface area contributed by atoms with Crippen LogP contribution >= 0.6 is 0 Å². The van der Waals surface area contributed by atoms with Crippen molar-refractivity contribution in [3.8, 4) is 0 Å². The van der Waals surface area contributed by atoms with Crippen LogP contribution in [0.4, 0.5) is 13.2 Å². The molecule has 1 amide bonds. The Kier molecular flexibility index (Phi) is 5.62. The third-order valence-electron chi connectivity index (χ3n) is 3.71. The molecular weight excluding hydrogens is 319 g/mol. The Balaban J connectivity index is 1.99. The molecule has 0 aliphatic carbocycles. The molecule has 0 heterocycles. The van der Waals surface area contributed by atoms with Gasteiger partial charge in [0.25, 0.3) is 0 Å². The van der Waals surface area contributed by atoms with E-state index in [1.807, 2.05) is 19.1 Å². The van der Waals surface area contributed by atoms with Gasteiger partial charge in [-0.1, -0.05) is 42.5 Å². The second-order valence-corrected chi connectivity index (χ2v) is 5.51. The number of aryl methyl sites for hydroxylation is 1. The number of benzene rings is 2. The summed E-state index contributed by atoms with van der Waals surface area (Å²) < 4.78 is 38.7. The number of amides is 1. The van der Waals surface area contributed by atoms with E-state index >= 15 is 0 Å². The lowest BCUT2D eigenvalue weighted by atomic mass is 10.0. The van der Waals surface area contributed by atoms with Gasteiger partial charge in [-0.15, -0.1) is 0 Å². The Hall–Kier alpha value is -2.34. The summed E-state index contributed by atoms with van der Waals surface area (Å²) in [5.74, 6) is -0.570. The van der Waals surface area contributed by atoms with E-state index in [0.29, 0.717) is 5.56 Å². The molecule has 24 heavy (non-hydrogen) atoms. The fourth-order valence-electron chi connectivity index (χ4n) is 2.47. The van der Waals surface area contributed by atoms with Gasteiger partial charge in [-0.05, 0) is 29.7 Å². The molecule has 2 N–H and O–H groups in total. The molecule has 3 nitrogen and oxygen atoms in total. The van der Waals surface area contributed by atoms with Gasteiger partial charge in [0.05, 0.1) is 18.1 Å². The summed E-state index contributed by atoms with van der Waals surface area (Å²) in [6, 6.07) is 12.1. The molecule has 2 aromatic rings. The number of aliphatic hydroxyl groups excluding tert-OH is 1. The van der Waals surface area contributed by atoms with Crippen LogP contribution in [0.25, 0.3) is 0 Å². The molecule has 0 aliphatic rings. The third kappa shape index (κ3) is 4.58. The van der Waals surface area contributed by atoms with Crippen LogP contribution in [0.1, 0.15) is 28.4 Å². The van der Waals surface area contributed by atoms with Gasteiger partial charge in [-0.25, -0.2) is 0 Å². The van der Waals surface area contributed by atoms with Crippen molar-refractivity contribution in [1.29, 1.82) is 0 Å². The van der Waals surface area contributed by atoms with Crippen LogP contribution in [0.2, 0.25) is 0 Å². The maximum atomic E-state index is 12.9. The zero-order valence-corrected chi connectivity index (χ0v) is 13.1. The molecule has 0 aliphatic heterocycles. The lowest BCUT2D eigenvalue weighted by Gasteiger charge is -2.16. The van der Waals surface area contributed by atoms with Gasteiger partial charge >= 0.3 is 6.18 Å². The van der Waals surface area contributed by atoms with Gasteiger partial charge in [0, 0.05) is 6.54 Å². The average molecular weight is 337 g/mol. The standard InChI is InChI=1S/C18H18F3NO2/c1-12-6-2-4-8-14(12)16(23)11-22-17(24)10-13-7-3-5-9-15(13)18(19,20)21/h2-9,16,23H,10-11H2,1H3,(H,22,24). The first-order chi connectivity index (χ1) is 11.3. The lowest BCUT2D eigenvalue weighted by Crippen LogP contribution is -2.30. The Morgan fingerprint density at radius 1 is 1.12 bits per heavy atom. The SMILES string of the molecule is Cc1ccccc1C(O)CNC(=O)Cc1ccccc1C(F)(F)F. The second kappa shape index (κ2) is 7.49. The van der Waals surface area contributed by atoms with Gasteiger partial charge in [-0.3, -0.25) is 4.79 Å². The minimum absolute atomic E-state index is 0.0577. The van der Waals surface area contributed by atoms with Crippen LogP contribution in [0, 0.1) is 6.92 Å². The van der Waals surface area contributed by atoms with Crippen molar-refractivity contribution >= 4 is 5.91 Å². The van der Waals surface area contributed by atoms with Crippen LogP contribution in [0.5, 0.6) is 0 Å². The number of hydrogen-bond acceptors (Lipinski definition) is 2. The molecule has 2 aromatic carbocycles. The van der Waals surface area contributed by atoms with Gasteiger partial charge < -0.3 is 10.4 Å². The summed E-state index contributed by atoms with van der Waals surface area (Å²) in [6.45, 7) is 1.78.